The second-order valence-corrected chi connectivity index (χ2v) is 6.65. The Balaban J connectivity index is 1.90. The molecule has 0 radical (unpaired) electrons. The number of carboxylic acids is 1. The van der Waals surface area contributed by atoms with Crippen LogP contribution in [0, 0.1) is 11.3 Å². The number of rotatable bonds is 5. The predicted octanol–water partition coefficient (Wildman–Crippen LogP) is 2.30. The van der Waals surface area contributed by atoms with Gasteiger partial charge in [0, 0.05) is 33.2 Å². The van der Waals surface area contributed by atoms with Gasteiger partial charge in [0.1, 0.15) is 0 Å². The lowest BCUT2D eigenvalue weighted by Crippen LogP contribution is -2.41. The van der Waals surface area contributed by atoms with Crippen molar-refractivity contribution in [3.05, 3.63) is 0 Å². The van der Waals surface area contributed by atoms with Gasteiger partial charge >= 0.3 is 5.97 Å². The Hall–Kier alpha value is -1.10. The first-order valence-corrected chi connectivity index (χ1v) is 8.09. The number of carboxylic acid groups (broad SMARTS) is 1. The molecule has 120 valence electrons. The number of aliphatic carboxylic acids is 1. The van der Waals surface area contributed by atoms with Crippen LogP contribution in [-0.4, -0.2) is 48.7 Å². The molecule has 2 fully saturated rings. The fraction of sp³-hybridized carbons (Fsp3) is 0.875. The quantitative estimate of drug-likeness (QED) is 0.845. The first kappa shape index (κ1) is 16.3. The van der Waals surface area contributed by atoms with Gasteiger partial charge in [0.25, 0.3) is 0 Å². The lowest BCUT2D eigenvalue weighted by molar-refractivity contribution is -0.155. The van der Waals surface area contributed by atoms with Crippen molar-refractivity contribution in [2.45, 2.75) is 51.4 Å². The maximum atomic E-state index is 12.4. The zero-order valence-electron chi connectivity index (χ0n) is 13.0. The second-order valence-electron chi connectivity index (χ2n) is 6.65. The molecule has 0 bridgehead atoms. The van der Waals surface area contributed by atoms with Crippen LogP contribution in [0.1, 0.15) is 51.4 Å². The molecular weight excluding hydrogens is 270 g/mol. The Bertz CT molecular complexity index is 370. The maximum absolute atomic E-state index is 12.4. The van der Waals surface area contributed by atoms with Gasteiger partial charge in [0.05, 0.1) is 5.41 Å². The Morgan fingerprint density at radius 1 is 1.19 bits per heavy atom. The monoisotopic (exact) mass is 297 g/mol. The van der Waals surface area contributed by atoms with E-state index >= 15 is 0 Å². The van der Waals surface area contributed by atoms with Gasteiger partial charge in [-0.05, 0) is 31.6 Å². The third-order valence-corrected chi connectivity index (χ3v) is 5.05. The van der Waals surface area contributed by atoms with Crippen LogP contribution in [0.5, 0.6) is 0 Å². The average molecular weight is 297 g/mol. The molecule has 1 heterocycles. The molecule has 1 amide bonds. The molecular formula is C16H27NO4. The Morgan fingerprint density at radius 2 is 1.81 bits per heavy atom. The van der Waals surface area contributed by atoms with Crippen molar-refractivity contribution in [2.75, 3.05) is 26.8 Å². The van der Waals surface area contributed by atoms with Crippen LogP contribution in [0.15, 0.2) is 0 Å². The minimum Gasteiger partial charge on any atom is -0.481 e. The topological polar surface area (TPSA) is 66.8 Å². The third kappa shape index (κ3) is 4.19. The Labute approximate surface area is 126 Å². The van der Waals surface area contributed by atoms with Crippen LogP contribution in [0.25, 0.3) is 0 Å². The molecule has 2 aliphatic rings. The summed E-state index contributed by atoms with van der Waals surface area (Å²) in [5, 5.41) is 9.55. The molecule has 0 aromatic heterocycles. The van der Waals surface area contributed by atoms with Crippen molar-refractivity contribution in [1.29, 1.82) is 0 Å². The van der Waals surface area contributed by atoms with E-state index in [1.165, 1.54) is 0 Å². The van der Waals surface area contributed by atoms with Crippen molar-refractivity contribution in [3.8, 4) is 0 Å². The fourth-order valence-electron chi connectivity index (χ4n) is 3.54. The summed E-state index contributed by atoms with van der Waals surface area (Å²) < 4.78 is 5.33. The summed E-state index contributed by atoms with van der Waals surface area (Å²) >= 11 is 0. The molecule has 5 heteroatoms. The summed E-state index contributed by atoms with van der Waals surface area (Å²) in [5.41, 5.74) is -0.820. The summed E-state index contributed by atoms with van der Waals surface area (Å²) in [6, 6.07) is 0. The van der Waals surface area contributed by atoms with E-state index in [1.807, 2.05) is 0 Å². The standard InChI is InChI=1S/C16H27NO4/c1-17(12-13-5-9-21-10-6-13)14(18)11-16(15(19)20)7-3-2-4-8-16/h13H,2-12H2,1H3,(H,19,20). The van der Waals surface area contributed by atoms with Crippen molar-refractivity contribution < 1.29 is 19.4 Å². The van der Waals surface area contributed by atoms with Crippen LogP contribution < -0.4 is 0 Å². The lowest BCUT2D eigenvalue weighted by Gasteiger charge is -2.34. The smallest absolute Gasteiger partial charge is 0.310 e. The number of nitrogens with zero attached hydrogens (tertiary/aromatic N) is 1. The molecule has 21 heavy (non-hydrogen) atoms. The molecule has 0 atom stereocenters. The normalized spacial score (nSPS) is 22.7. The number of carbonyl (C=O) groups is 2. The molecule has 1 aliphatic carbocycles. The summed E-state index contributed by atoms with van der Waals surface area (Å²) in [7, 11) is 1.80. The van der Waals surface area contributed by atoms with E-state index in [9.17, 15) is 14.7 Å². The van der Waals surface area contributed by atoms with Crippen LogP contribution in [0.4, 0.5) is 0 Å². The lowest BCUT2D eigenvalue weighted by atomic mass is 9.71. The summed E-state index contributed by atoms with van der Waals surface area (Å²) in [5.74, 6) is -0.333. The summed E-state index contributed by atoms with van der Waals surface area (Å²) in [4.78, 5) is 25.8. The number of ether oxygens (including phenoxy) is 1. The first-order valence-electron chi connectivity index (χ1n) is 8.09. The zero-order chi connectivity index (χ0) is 15.3. The highest BCUT2D eigenvalue weighted by Crippen LogP contribution is 2.40. The summed E-state index contributed by atoms with van der Waals surface area (Å²) in [6.45, 7) is 2.26. The average Bonchev–Trinajstić information content (AvgIpc) is 2.49. The fourth-order valence-corrected chi connectivity index (χ4v) is 3.54. The molecule has 0 aromatic rings. The van der Waals surface area contributed by atoms with Gasteiger partial charge in [0.15, 0.2) is 0 Å². The van der Waals surface area contributed by atoms with Crippen molar-refractivity contribution in [3.63, 3.8) is 0 Å². The largest absolute Gasteiger partial charge is 0.481 e. The molecule has 1 saturated heterocycles. The van der Waals surface area contributed by atoms with Crippen LogP contribution in [-0.2, 0) is 14.3 Å². The Morgan fingerprint density at radius 3 is 2.38 bits per heavy atom. The minimum absolute atomic E-state index is 0.0224. The van der Waals surface area contributed by atoms with E-state index in [0.29, 0.717) is 18.8 Å². The van der Waals surface area contributed by atoms with E-state index < -0.39 is 11.4 Å². The molecule has 1 N–H and O–H groups in total. The first-order chi connectivity index (χ1) is 10.0. The van der Waals surface area contributed by atoms with Gasteiger partial charge < -0.3 is 14.7 Å². The SMILES string of the molecule is CN(CC1CCOCC1)C(=O)CC1(C(=O)O)CCCCC1. The van der Waals surface area contributed by atoms with Gasteiger partial charge in [-0.3, -0.25) is 9.59 Å². The second kappa shape index (κ2) is 7.25. The number of amides is 1. The Kier molecular flexibility index (Phi) is 5.62. The van der Waals surface area contributed by atoms with Gasteiger partial charge in [-0.15, -0.1) is 0 Å². The maximum Gasteiger partial charge on any atom is 0.310 e. The predicted molar refractivity (Wildman–Crippen MR) is 79.0 cm³/mol. The molecule has 1 aliphatic heterocycles. The van der Waals surface area contributed by atoms with E-state index in [-0.39, 0.29) is 12.3 Å². The van der Waals surface area contributed by atoms with Gasteiger partial charge in [0.2, 0.25) is 5.91 Å². The van der Waals surface area contributed by atoms with Crippen molar-refractivity contribution in [2.24, 2.45) is 11.3 Å². The minimum atomic E-state index is -0.820. The van der Waals surface area contributed by atoms with Crippen LogP contribution in [0.3, 0.4) is 0 Å². The number of carbonyl (C=O) groups excluding carboxylic acids is 1. The van der Waals surface area contributed by atoms with Gasteiger partial charge in [-0.1, -0.05) is 19.3 Å². The van der Waals surface area contributed by atoms with Gasteiger partial charge in [-0.2, -0.15) is 0 Å². The molecule has 0 aromatic carbocycles. The van der Waals surface area contributed by atoms with Gasteiger partial charge in [-0.25, -0.2) is 0 Å². The highest BCUT2D eigenvalue weighted by atomic mass is 16.5. The van der Waals surface area contributed by atoms with Crippen LogP contribution >= 0.6 is 0 Å². The number of hydrogen-bond donors (Lipinski definition) is 1. The highest BCUT2D eigenvalue weighted by molar-refractivity contribution is 5.85. The van der Waals surface area contributed by atoms with Crippen LogP contribution in [0.2, 0.25) is 0 Å². The van der Waals surface area contributed by atoms with Crippen molar-refractivity contribution >= 4 is 11.9 Å². The summed E-state index contributed by atoms with van der Waals surface area (Å²) in [6.07, 6.45) is 6.33. The number of hydrogen-bond acceptors (Lipinski definition) is 3. The highest BCUT2D eigenvalue weighted by Gasteiger charge is 2.42. The molecule has 0 unspecified atom stereocenters. The molecule has 5 nitrogen and oxygen atoms in total. The molecule has 0 spiro atoms. The zero-order valence-corrected chi connectivity index (χ0v) is 13.0. The third-order valence-electron chi connectivity index (χ3n) is 5.05. The molecule has 1 saturated carbocycles. The van der Waals surface area contributed by atoms with E-state index in [2.05, 4.69) is 0 Å². The van der Waals surface area contributed by atoms with Crippen molar-refractivity contribution in [1.82, 2.24) is 4.90 Å². The van der Waals surface area contributed by atoms with E-state index in [1.54, 1.807) is 11.9 Å². The molecule has 2 rings (SSSR count). The van der Waals surface area contributed by atoms with E-state index in [4.69, 9.17) is 4.74 Å². The van der Waals surface area contributed by atoms with E-state index in [0.717, 1.165) is 51.9 Å².